The molecule has 4 aromatic rings. The lowest BCUT2D eigenvalue weighted by molar-refractivity contribution is 1.19. The van der Waals surface area contributed by atoms with Gasteiger partial charge in [-0.1, -0.05) is 41.1 Å². The van der Waals surface area contributed by atoms with Crippen molar-refractivity contribution in [1.29, 1.82) is 0 Å². The number of imidazole rings is 1. The van der Waals surface area contributed by atoms with E-state index in [1.165, 1.54) is 16.9 Å². The first-order valence-corrected chi connectivity index (χ1v) is 8.42. The first kappa shape index (κ1) is 14.4. The molecule has 0 N–H and O–H groups in total. The summed E-state index contributed by atoms with van der Waals surface area (Å²) in [6.45, 7) is 4.10. The fourth-order valence-electron chi connectivity index (χ4n) is 2.68. The van der Waals surface area contributed by atoms with Crippen molar-refractivity contribution >= 4 is 45.0 Å². The molecule has 0 radical (unpaired) electrons. The van der Waals surface area contributed by atoms with Gasteiger partial charge in [0.15, 0.2) is 4.96 Å². The fourth-order valence-corrected chi connectivity index (χ4v) is 3.78. The second-order valence-electron chi connectivity index (χ2n) is 5.57. The standard InChI is InChI=1S/C18H13ClN2OS/c1-10-3-8-14-16(11(10)2)20-18-21(14)17(22)15(23-18)9-12-4-6-13(19)7-5-12/h3-9H,1-2H3/b15-9-. The minimum absolute atomic E-state index is 0.0225. The lowest BCUT2D eigenvalue weighted by Gasteiger charge is -1.99. The van der Waals surface area contributed by atoms with Crippen LogP contribution >= 0.6 is 22.9 Å². The van der Waals surface area contributed by atoms with E-state index >= 15 is 0 Å². The van der Waals surface area contributed by atoms with E-state index in [0.29, 0.717) is 9.55 Å². The Hall–Kier alpha value is -2.17. The van der Waals surface area contributed by atoms with E-state index in [0.717, 1.165) is 27.1 Å². The lowest BCUT2D eigenvalue weighted by atomic mass is 10.1. The molecule has 0 atom stereocenters. The monoisotopic (exact) mass is 340 g/mol. The highest BCUT2D eigenvalue weighted by Crippen LogP contribution is 2.22. The average Bonchev–Trinajstić information content (AvgIpc) is 3.04. The maximum Gasteiger partial charge on any atom is 0.274 e. The Labute approximate surface area is 141 Å². The van der Waals surface area contributed by atoms with Gasteiger partial charge in [0.2, 0.25) is 0 Å². The summed E-state index contributed by atoms with van der Waals surface area (Å²) in [5, 5.41) is 0.683. The van der Waals surface area contributed by atoms with Crippen LogP contribution in [0.25, 0.3) is 22.1 Å². The number of halogens is 1. The molecule has 0 unspecified atom stereocenters. The third-order valence-electron chi connectivity index (χ3n) is 4.10. The molecule has 0 fully saturated rings. The van der Waals surface area contributed by atoms with Crippen molar-refractivity contribution in [3.8, 4) is 0 Å². The summed E-state index contributed by atoms with van der Waals surface area (Å²) in [5.41, 5.74) is 5.02. The third kappa shape index (κ3) is 2.26. The molecular weight excluding hydrogens is 328 g/mol. The zero-order chi connectivity index (χ0) is 16.1. The molecular formula is C18H13ClN2OS. The minimum Gasteiger partial charge on any atom is -0.267 e. The van der Waals surface area contributed by atoms with Crippen molar-refractivity contribution in [2.45, 2.75) is 13.8 Å². The number of hydrogen-bond donors (Lipinski definition) is 0. The Morgan fingerprint density at radius 3 is 2.61 bits per heavy atom. The van der Waals surface area contributed by atoms with Gasteiger partial charge >= 0.3 is 0 Å². The van der Waals surface area contributed by atoms with Crippen LogP contribution < -0.4 is 10.1 Å². The van der Waals surface area contributed by atoms with E-state index < -0.39 is 0 Å². The predicted molar refractivity (Wildman–Crippen MR) is 96.6 cm³/mol. The highest BCUT2D eigenvalue weighted by molar-refractivity contribution is 7.15. The van der Waals surface area contributed by atoms with Gasteiger partial charge in [0, 0.05) is 5.02 Å². The molecule has 0 saturated heterocycles. The largest absolute Gasteiger partial charge is 0.274 e. The van der Waals surface area contributed by atoms with Gasteiger partial charge in [-0.2, -0.15) is 0 Å². The quantitative estimate of drug-likeness (QED) is 0.529. The average molecular weight is 341 g/mol. The van der Waals surface area contributed by atoms with Crippen LogP contribution in [-0.2, 0) is 0 Å². The second-order valence-corrected chi connectivity index (χ2v) is 7.02. The van der Waals surface area contributed by atoms with Crippen molar-refractivity contribution in [3.63, 3.8) is 0 Å². The molecule has 0 amide bonds. The van der Waals surface area contributed by atoms with Crippen molar-refractivity contribution in [2.75, 3.05) is 0 Å². The molecule has 0 aliphatic heterocycles. The van der Waals surface area contributed by atoms with Gasteiger partial charge in [0.05, 0.1) is 15.6 Å². The molecule has 3 nitrogen and oxygen atoms in total. The highest BCUT2D eigenvalue weighted by atomic mass is 35.5. The van der Waals surface area contributed by atoms with Crippen LogP contribution in [0.1, 0.15) is 16.7 Å². The predicted octanol–water partition coefficient (Wildman–Crippen LogP) is 3.73. The first-order chi connectivity index (χ1) is 11.0. The van der Waals surface area contributed by atoms with E-state index in [1.54, 1.807) is 4.40 Å². The van der Waals surface area contributed by atoms with Gasteiger partial charge in [0.1, 0.15) is 0 Å². The van der Waals surface area contributed by atoms with Crippen LogP contribution in [0.2, 0.25) is 5.02 Å². The Bertz CT molecular complexity index is 1160. The number of aromatic nitrogens is 2. The van der Waals surface area contributed by atoms with E-state index in [4.69, 9.17) is 11.6 Å². The van der Waals surface area contributed by atoms with Gasteiger partial charge in [0.25, 0.3) is 5.56 Å². The van der Waals surface area contributed by atoms with E-state index in [9.17, 15) is 4.79 Å². The van der Waals surface area contributed by atoms with Crippen LogP contribution in [-0.4, -0.2) is 9.38 Å². The Kier molecular flexibility index (Phi) is 3.25. The number of rotatable bonds is 1. The number of benzene rings is 2. The maximum absolute atomic E-state index is 12.7. The number of hydrogen-bond acceptors (Lipinski definition) is 3. The summed E-state index contributed by atoms with van der Waals surface area (Å²) in [6, 6.07) is 11.4. The molecule has 0 bridgehead atoms. The minimum atomic E-state index is -0.0225. The summed E-state index contributed by atoms with van der Waals surface area (Å²) >= 11 is 7.31. The van der Waals surface area contributed by atoms with Crippen LogP contribution in [0, 0.1) is 13.8 Å². The maximum atomic E-state index is 12.7. The van der Waals surface area contributed by atoms with Crippen molar-refractivity contribution in [1.82, 2.24) is 9.38 Å². The summed E-state index contributed by atoms with van der Waals surface area (Å²) in [5.74, 6) is 0. The van der Waals surface area contributed by atoms with Crippen LogP contribution in [0.15, 0.2) is 41.2 Å². The molecule has 5 heteroatoms. The second kappa shape index (κ2) is 5.18. The summed E-state index contributed by atoms with van der Waals surface area (Å²) < 4.78 is 2.38. The molecule has 0 aliphatic rings. The van der Waals surface area contributed by atoms with Crippen molar-refractivity contribution < 1.29 is 0 Å². The van der Waals surface area contributed by atoms with Gasteiger partial charge in [-0.25, -0.2) is 9.38 Å². The zero-order valence-corrected chi connectivity index (χ0v) is 14.2. The van der Waals surface area contributed by atoms with E-state index in [2.05, 4.69) is 11.9 Å². The molecule has 114 valence electrons. The highest BCUT2D eigenvalue weighted by Gasteiger charge is 2.13. The SMILES string of the molecule is Cc1ccc2c(nc3s/c(=C\c4ccc(Cl)cc4)c(=O)n32)c1C. The molecule has 0 spiro atoms. The molecule has 2 aromatic carbocycles. The summed E-state index contributed by atoms with van der Waals surface area (Å²) in [6.07, 6.45) is 1.88. The zero-order valence-electron chi connectivity index (χ0n) is 12.6. The van der Waals surface area contributed by atoms with Crippen LogP contribution in [0.4, 0.5) is 0 Å². The molecule has 2 aromatic heterocycles. The summed E-state index contributed by atoms with van der Waals surface area (Å²) in [4.78, 5) is 18.1. The van der Waals surface area contributed by atoms with Gasteiger partial charge in [-0.05, 0) is 54.8 Å². The van der Waals surface area contributed by atoms with Gasteiger partial charge < -0.3 is 0 Å². The van der Waals surface area contributed by atoms with Crippen LogP contribution in [0.3, 0.4) is 0 Å². The fraction of sp³-hybridized carbons (Fsp3) is 0.111. The summed E-state index contributed by atoms with van der Waals surface area (Å²) in [7, 11) is 0. The van der Waals surface area contributed by atoms with Gasteiger partial charge in [-0.15, -0.1) is 0 Å². The normalized spacial score (nSPS) is 12.6. The number of fused-ring (bicyclic) bond motifs is 3. The van der Waals surface area contributed by atoms with E-state index in [-0.39, 0.29) is 5.56 Å². The molecule has 4 rings (SSSR count). The third-order valence-corrected chi connectivity index (χ3v) is 5.32. The molecule has 0 aliphatic carbocycles. The Balaban J connectivity index is 2.01. The van der Waals surface area contributed by atoms with Crippen molar-refractivity contribution in [3.05, 3.63) is 73.0 Å². The number of aryl methyl sites for hydroxylation is 2. The smallest absolute Gasteiger partial charge is 0.267 e. The molecule has 0 saturated carbocycles. The Morgan fingerprint density at radius 1 is 1.13 bits per heavy atom. The Morgan fingerprint density at radius 2 is 1.87 bits per heavy atom. The lowest BCUT2D eigenvalue weighted by Crippen LogP contribution is -2.22. The topological polar surface area (TPSA) is 34.4 Å². The number of nitrogens with zero attached hydrogens (tertiary/aromatic N) is 2. The molecule has 23 heavy (non-hydrogen) atoms. The van der Waals surface area contributed by atoms with Crippen molar-refractivity contribution in [2.24, 2.45) is 0 Å². The molecule has 2 heterocycles. The first-order valence-electron chi connectivity index (χ1n) is 7.23. The van der Waals surface area contributed by atoms with Gasteiger partial charge in [-0.3, -0.25) is 4.79 Å². The number of thiazole rings is 1. The van der Waals surface area contributed by atoms with E-state index in [1.807, 2.05) is 49.4 Å². The van der Waals surface area contributed by atoms with Crippen LogP contribution in [0.5, 0.6) is 0 Å².